The first-order chi connectivity index (χ1) is 5.93. The molecule has 16 heavy (non-hydrogen) atoms. The van der Waals surface area contributed by atoms with Crippen molar-refractivity contribution in [3.05, 3.63) is 42.8 Å². The second-order valence-electron chi connectivity index (χ2n) is 2.04. The van der Waals surface area contributed by atoms with Gasteiger partial charge in [0.2, 0.25) is 0 Å². The topological polar surface area (TPSA) is 9.23 Å². The van der Waals surface area contributed by atoms with Crippen LogP contribution in [0, 0.1) is 6.92 Å². The van der Waals surface area contributed by atoms with Gasteiger partial charge in [0.15, 0.2) is 0 Å². The molecule has 0 fully saturated rings. The first kappa shape index (κ1) is 29.9. The van der Waals surface area contributed by atoms with Crippen molar-refractivity contribution < 1.29 is 37.4 Å². The van der Waals surface area contributed by atoms with E-state index < -0.39 is 0 Å². The molecule has 0 aromatic heterocycles. The van der Waals surface area contributed by atoms with E-state index >= 15 is 0 Å². The van der Waals surface area contributed by atoms with E-state index in [0.29, 0.717) is 13.2 Å². The summed E-state index contributed by atoms with van der Waals surface area (Å²) in [4.78, 5) is 0. The summed E-state index contributed by atoms with van der Waals surface area (Å²) in [6.45, 7) is 8.79. The average molecular weight is 302 g/mol. The molecule has 2 heteroatoms. The van der Waals surface area contributed by atoms with Gasteiger partial charge in [-0.05, 0) is 5.56 Å². The van der Waals surface area contributed by atoms with Gasteiger partial charge in [-0.25, -0.2) is 0 Å². The molecular formula is C14H29OY-. The minimum atomic E-state index is 0. The maximum atomic E-state index is 5.11. The van der Waals surface area contributed by atoms with Crippen molar-refractivity contribution in [3.63, 3.8) is 0 Å². The van der Waals surface area contributed by atoms with E-state index in [1.807, 2.05) is 44.2 Å². The molecule has 0 bridgehead atoms. The Labute approximate surface area is 129 Å². The average Bonchev–Trinajstić information content (AvgIpc) is 2.19. The van der Waals surface area contributed by atoms with E-state index in [9.17, 15) is 0 Å². The molecule has 0 aliphatic rings. The Bertz CT molecular complexity index is 175. The van der Waals surface area contributed by atoms with E-state index in [4.69, 9.17) is 4.74 Å². The standard InChI is InChI=1S/C9H11O.C2H6.3CH4.Y/c1-2-10-8-9-6-4-3-5-7-9;1-2;;;;/h3-7H,1-2,8H2;1-2H3;3*1H4;/q-1;;;;;. The smallest absolute Gasteiger partial charge is 0.0681 e. The predicted octanol–water partition coefficient (Wildman–Crippen LogP) is 4.97. The van der Waals surface area contributed by atoms with Gasteiger partial charge in [-0.15, -0.1) is 0 Å². The third kappa shape index (κ3) is 16.7. The summed E-state index contributed by atoms with van der Waals surface area (Å²) in [5, 5.41) is 0. The van der Waals surface area contributed by atoms with Crippen molar-refractivity contribution in [2.24, 2.45) is 0 Å². The van der Waals surface area contributed by atoms with Gasteiger partial charge in [0, 0.05) is 32.7 Å². The SMILES string of the molecule is C.C.C.CC.[CH2-]COCc1ccccc1.[Y]. The van der Waals surface area contributed by atoms with Crippen molar-refractivity contribution in [1.29, 1.82) is 0 Å². The minimum Gasteiger partial charge on any atom is -0.409 e. The molecule has 1 rings (SSSR count). The maximum Gasteiger partial charge on any atom is 0.0681 e. The first-order valence-corrected chi connectivity index (χ1v) is 4.34. The molecular weight excluding hydrogens is 273 g/mol. The first-order valence-electron chi connectivity index (χ1n) is 4.34. The summed E-state index contributed by atoms with van der Waals surface area (Å²) in [5.41, 5.74) is 1.20. The predicted molar refractivity (Wildman–Crippen MR) is 73.0 cm³/mol. The van der Waals surface area contributed by atoms with E-state index in [2.05, 4.69) is 6.92 Å². The van der Waals surface area contributed by atoms with E-state index in [1.54, 1.807) is 0 Å². The zero-order chi connectivity index (χ0) is 9.23. The van der Waals surface area contributed by atoms with Crippen LogP contribution in [0.2, 0.25) is 0 Å². The molecule has 1 aromatic carbocycles. The van der Waals surface area contributed by atoms with Gasteiger partial charge < -0.3 is 11.7 Å². The molecule has 0 amide bonds. The number of rotatable bonds is 3. The molecule has 0 atom stereocenters. The van der Waals surface area contributed by atoms with Crippen LogP contribution in [0.1, 0.15) is 41.7 Å². The molecule has 0 spiro atoms. The quantitative estimate of drug-likeness (QED) is 0.716. The monoisotopic (exact) mass is 302 g/mol. The molecule has 0 unspecified atom stereocenters. The summed E-state index contributed by atoms with van der Waals surface area (Å²) in [7, 11) is 0. The van der Waals surface area contributed by atoms with E-state index in [1.165, 1.54) is 5.56 Å². The number of ether oxygens (including phenoxy) is 1. The largest absolute Gasteiger partial charge is 0.409 e. The van der Waals surface area contributed by atoms with Crippen molar-refractivity contribution in [1.82, 2.24) is 0 Å². The van der Waals surface area contributed by atoms with Gasteiger partial charge in [-0.3, -0.25) is 0 Å². The Morgan fingerprint density at radius 2 is 1.44 bits per heavy atom. The van der Waals surface area contributed by atoms with Crippen LogP contribution >= 0.6 is 0 Å². The van der Waals surface area contributed by atoms with Gasteiger partial charge >= 0.3 is 0 Å². The molecule has 0 saturated carbocycles. The number of hydrogen-bond acceptors (Lipinski definition) is 1. The van der Waals surface area contributed by atoms with Gasteiger partial charge in [0.25, 0.3) is 0 Å². The fraction of sp³-hybridized carbons (Fsp3) is 0.500. The molecule has 0 heterocycles. The third-order valence-electron chi connectivity index (χ3n) is 1.26. The van der Waals surface area contributed by atoms with Crippen LogP contribution in [0.3, 0.4) is 0 Å². The zero-order valence-electron chi connectivity index (χ0n) is 8.49. The van der Waals surface area contributed by atoms with Crippen LogP contribution in [-0.2, 0) is 44.1 Å². The van der Waals surface area contributed by atoms with E-state index in [-0.39, 0.29) is 55.0 Å². The van der Waals surface area contributed by atoms with Crippen molar-refractivity contribution in [2.45, 2.75) is 42.7 Å². The van der Waals surface area contributed by atoms with Crippen LogP contribution in [0.15, 0.2) is 30.3 Å². The maximum absolute atomic E-state index is 5.11. The number of hydrogen-bond donors (Lipinski definition) is 0. The number of benzene rings is 1. The molecule has 95 valence electrons. The Balaban J connectivity index is -0.0000000637. The molecule has 0 N–H and O–H groups in total. The Morgan fingerprint density at radius 3 is 1.81 bits per heavy atom. The molecule has 0 saturated heterocycles. The molecule has 0 aliphatic heterocycles. The second-order valence-corrected chi connectivity index (χ2v) is 2.04. The van der Waals surface area contributed by atoms with Gasteiger partial charge in [-0.2, -0.15) is 0 Å². The van der Waals surface area contributed by atoms with Crippen LogP contribution in [0.5, 0.6) is 0 Å². The molecule has 1 nitrogen and oxygen atoms in total. The van der Waals surface area contributed by atoms with Crippen molar-refractivity contribution in [2.75, 3.05) is 6.61 Å². The van der Waals surface area contributed by atoms with Crippen molar-refractivity contribution in [3.8, 4) is 0 Å². The van der Waals surface area contributed by atoms with Crippen molar-refractivity contribution >= 4 is 0 Å². The van der Waals surface area contributed by atoms with Crippen LogP contribution in [0.25, 0.3) is 0 Å². The summed E-state index contributed by atoms with van der Waals surface area (Å²) in [6, 6.07) is 10.1. The molecule has 0 aliphatic carbocycles. The van der Waals surface area contributed by atoms with Gasteiger partial charge in [-0.1, -0.05) is 73.1 Å². The fourth-order valence-corrected chi connectivity index (χ4v) is 0.764. The summed E-state index contributed by atoms with van der Waals surface area (Å²) >= 11 is 0. The molecule has 1 aromatic rings. The van der Waals surface area contributed by atoms with Gasteiger partial charge in [0.05, 0.1) is 6.61 Å². The summed E-state index contributed by atoms with van der Waals surface area (Å²) in [5.74, 6) is 0. The Kier molecular flexibility index (Phi) is 45.7. The normalized spacial score (nSPS) is 6.44. The summed E-state index contributed by atoms with van der Waals surface area (Å²) < 4.78 is 5.11. The zero-order valence-corrected chi connectivity index (χ0v) is 11.3. The third-order valence-corrected chi connectivity index (χ3v) is 1.26. The van der Waals surface area contributed by atoms with Crippen LogP contribution in [0.4, 0.5) is 0 Å². The molecule has 1 radical (unpaired) electrons. The minimum absolute atomic E-state index is 0. The van der Waals surface area contributed by atoms with E-state index in [0.717, 1.165) is 0 Å². The van der Waals surface area contributed by atoms with Crippen LogP contribution in [-0.4, -0.2) is 6.61 Å². The Hall–Kier alpha value is 0.284. The van der Waals surface area contributed by atoms with Crippen LogP contribution < -0.4 is 0 Å². The second kappa shape index (κ2) is 24.5. The fourth-order valence-electron chi connectivity index (χ4n) is 0.764. The van der Waals surface area contributed by atoms with Gasteiger partial charge in [0.1, 0.15) is 0 Å². The Morgan fingerprint density at radius 1 is 1.00 bits per heavy atom. The summed E-state index contributed by atoms with van der Waals surface area (Å²) in [6.07, 6.45) is 0.